The highest BCUT2D eigenvalue weighted by molar-refractivity contribution is 6.74. The Bertz CT molecular complexity index is 559. The van der Waals surface area contributed by atoms with E-state index in [1.165, 1.54) is 23.1 Å². The van der Waals surface area contributed by atoms with Gasteiger partial charge in [-0.3, -0.25) is 0 Å². The van der Waals surface area contributed by atoms with E-state index in [2.05, 4.69) is 59.0 Å². The van der Waals surface area contributed by atoms with E-state index in [9.17, 15) is 0 Å². The molecule has 1 aliphatic carbocycles. The van der Waals surface area contributed by atoms with Crippen LogP contribution in [0.5, 0.6) is 0 Å². The first-order chi connectivity index (χ1) is 9.67. The molecule has 3 heteroatoms. The average Bonchev–Trinajstić information content (AvgIpc) is 2.36. The van der Waals surface area contributed by atoms with E-state index < -0.39 is 14.1 Å². The first kappa shape index (κ1) is 15.3. The van der Waals surface area contributed by atoms with Gasteiger partial charge in [0, 0.05) is 11.5 Å². The maximum Gasteiger partial charge on any atom is 0.196 e. The molecule has 2 nitrogen and oxygen atoms in total. The van der Waals surface area contributed by atoms with Crippen LogP contribution in [-0.2, 0) is 14.9 Å². The second-order valence-electron chi connectivity index (χ2n) is 8.16. The number of rotatable bonds is 2. The van der Waals surface area contributed by atoms with Gasteiger partial charge in [0.05, 0.1) is 6.61 Å². The molecule has 1 saturated heterocycles. The van der Waals surface area contributed by atoms with Crippen molar-refractivity contribution < 1.29 is 9.16 Å². The Kier molecular flexibility index (Phi) is 3.40. The van der Waals surface area contributed by atoms with Crippen molar-refractivity contribution in [1.82, 2.24) is 0 Å². The lowest BCUT2D eigenvalue weighted by Crippen LogP contribution is -2.58. The van der Waals surface area contributed by atoms with Crippen molar-refractivity contribution in [3.63, 3.8) is 0 Å². The van der Waals surface area contributed by atoms with Crippen LogP contribution in [0, 0.1) is 6.92 Å². The van der Waals surface area contributed by atoms with Gasteiger partial charge in [-0.2, -0.15) is 0 Å². The van der Waals surface area contributed by atoms with Gasteiger partial charge in [0.15, 0.2) is 14.1 Å². The average molecular weight is 305 g/mol. The molecule has 1 aliphatic heterocycles. The van der Waals surface area contributed by atoms with E-state index in [0.717, 1.165) is 13.0 Å². The third-order valence-corrected chi connectivity index (χ3v) is 10.0. The summed E-state index contributed by atoms with van der Waals surface area (Å²) in [5.74, 6) is -0.0289. The fraction of sp³-hybridized carbons (Fsp3) is 0.667. The van der Waals surface area contributed by atoms with Crippen LogP contribution in [0.2, 0.25) is 18.1 Å². The van der Waals surface area contributed by atoms with Gasteiger partial charge >= 0.3 is 0 Å². The molecular formula is C18H28O2Si. The smallest absolute Gasteiger partial charge is 0.196 e. The number of fused-ring (bicyclic) bond motifs is 4. The summed E-state index contributed by atoms with van der Waals surface area (Å²) < 4.78 is 13.1. The Hall–Kier alpha value is -0.643. The fourth-order valence-electron chi connectivity index (χ4n) is 3.31. The van der Waals surface area contributed by atoms with Crippen LogP contribution in [0.1, 0.15) is 56.2 Å². The number of hydrogen-bond donors (Lipinski definition) is 0. The SMILES string of the molecule is Cc1ccc2c(c1)C1(O[Si](C)(C)C(C)(C)C)OCCCC21. The zero-order chi connectivity index (χ0) is 15.5. The summed E-state index contributed by atoms with van der Waals surface area (Å²) in [6.45, 7) is 14.5. The number of ether oxygens (including phenoxy) is 1. The lowest BCUT2D eigenvalue weighted by molar-refractivity contribution is -0.254. The van der Waals surface area contributed by atoms with Crippen LogP contribution in [0.15, 0.2) is 18.2 Å². The van der Waals surface area contributed by atoms with Gasteiger partial charge in [0.1, 0.15) is 0 Å². The van der Waals surface area contributed by atoms with Crippen LogP contribution in [0.25, 0.3) is 0 Å². The van der Waals surface area contributed by atoms with Crippen LogP contribution in [0.3, 0.4) is 0 Å². The van der Waals surface area contributed by atoms with E-state index >= 15 is 0 Å². The molecule has 1 heterocycles. The summed E-state index contributed by atoms with van der Waals surface area (Å²) in [4.78, 5) is 0. The molecule has 0 aromatic heterocycles. The normalized spacial score (nSPS) is 28.6. The van der Waals surface area contributed by atoms with Crippen LogP contribution < -0.4 is 0 Å². The molecule has 3 rings (SSSR count). The van der Waals surface area contributed by atoms with Gasteiger partial charge in [0.25, 0.3) is 0 Å². The molecule has 21 heavy (non-hydrogen) atoms. The predicted molar refractivity (Wildman–Crippen MR) is 89.1 cm³/mol. The van der Waals surface area contributed by atoms with Gasteiger partial charge in [-0.25, -0.2) is 0 Å². The second kappa shape index (κ2) is 4.67. The van der Waals surface area contributed by atoms with Crippen molar-refractivity contribution in [2.45, 2.75) is 70.4 Å². The molecule has 1 aromatic carbocycles. The lowest BCUT2D eigenvalue weighted by Gasteiger charge is -2.57. The number of benzene rings is 1. The van der Waals surface area contributed by atoms with Crippen LogP contribution >= 0.6 is 0 Å². The lowest BCUT2D eigenvalue weighted by atomic mass is 9.68. The topological polar surface area (TPSA) is 18.5 Å². The van der Waals surface area contributed by atoms with E-state index in [-0.39, 0.29) is 5.04 Å². The van der Waals surface area contributed by atoms with Gasteiger partial charge in [-0.05, 0) is 43.5 Å². The maximum atomic E-state index is 6.83. The fourth-order valence-corrected chi connectivity index (χ4v) is 4.69. The summed E-state index contributed by atoms with van der Waals surface area (Å²) in [5.41, 5.74) is 4.02. The van der Waals surface area contributed by atoms with Crippen LogP contribution in [0.4, 0.5) is 0 Å². The largest absolute Gasteiger partial charge is 0.386 e. The third-order valence-electron chi connectivity index (χ3n) is 5.58. The van der Waals surface area contributed by atoms with Crippen molar-refractivity contribution in [3.05, 3.63) is 34.9 Å². The minimum Gasteiger partial charge on any atom is -0.386 e. The second-order valence-corrected chi connectivity index (χ2v) is 12.9. The first-order valence-electron chi connectivity index (χ1n) is 8.12. The predicted octanol–water partition coefficient (Wildman–Crippen LogP) is 5.08. The highest BCUT2D eigenvalue weighted by Crippen LogP contribution is 2.60. The van der Waals surface area contributed by atoms with Gasteiger partial charge in [-0.15, -0.1) is 0 Å². The van der Waals surface area contributed by atoms with Crippen molar-refractivity contribution in [2.24, 2.45) is 0 Å². The molecule has 0 spiro atoms. The quantitative estimate of drug-likeness (QED) is 0.710. The molecular weight excluding hydrogens is 276 g/mol. The maximum absolute atomic E-state index is 6.83. The molecule has 1 fully saturated rings. The standard InChI is InChI=1S/C18H28O2Si/c1-13-9-10-14-15-8-7-11-19-18(15,16(14)12-13)20-21(5,6)17(2,3)4/h9-10,12,15H,7-8,11H2,1-6H3. The van der Waals surface area contributed by atoms with Gasteiger partial charge in [-0.1, -0.05) is 44.5 Å². The molecule has 0 radical (unpaired) electrons. The molecule has 1 aromatic rings. The van der Waals surface area contributed by atoms with Crippen molar-refractivity contribution >= 4 is 8.32 Å². The first-order valence-corrected chi connectivity index (χ1v) is 11.0. The highest BCUT2D eigenvalue weighted by atomic mass is 28.4. The van der Waals surface area contributed by atoms with Gasteiger partial charge < -0.3 is 9.16 Å². The summed E-state index contributed by atoms with van der Waals surface area (Å²) >= 11 is 0. The molecule has 116 valence electrons. The summed E-state index contributed by atoms with van der Waals surface area (Å²) in [6.07, 6.45) is 2.32. The van der Waals surface area contributed by atoms with E-state index in [4.69, 9.17) is 9.16 Å². The minimum absolute atomic E-state index is 0.201. The highest BCUT2D eigenvalue weighted by Gasteiger charge is 2.59. The van der Waals surface area contributed by atoms with Crippen molar-refractivity contribution in [2.75, 3.05) is 6.61 Å². The summed E-state index contributed by atoms with van der Waals surface area (Å²) in [5, 5.41) is 0.201. The zero-order valence-electron chi connectivity index (χ0n) is 14.2. The van der Waals surface area contributed by atoms with Crippen molar-refractivity contribution in [3.8, 4) is 0 Å². The molecule has 0 N–H and O–H groups in total. The number of hydrogen-bond acceptors (Lipinski definition) is 2. The van der Waals surface area contributed by atoms with E-state index in [0.29, 0.717) is 5.92 Å². The molecule has 0 saturated carbocycles. The Balaban J connectivity index is 2.01. The molecule has 0 bridgehead atoms. The van der Waals surface area contributed by atoms with E-state index in [1.807, 2.05) is 0 Å². The molecule has 0 amide bonds. The molecule has 2 atom stereocenters. The zero-order valence-corrected chi connectivity index (χ0v) is 15.2. The Morgan fingerprint density at radius 2 is 2.00 bits per heavy atom. The Morgan fingerprint density at radius 3 is 2.67 bits per heavy atom. The van der Waals surface area contributed by atoms with Gasteiger partial charge in [0.2, 0.25) is 0 Å². The third kappa shape index (κ3) is 2.21. The summed E-state index contributed by atoms with van der Waals surface area (Å²) in [6, 6.07) is 6.76. The van der Waals surface area contributed by atoms with E-state index in [1.54, 1.807) is 0 Å². The molecule has 2 aliphatic rings. The monoisotopic (exact) mass is 304 g/mol. The van der Waals surface area contributed by atoms with Crippen molar-refractivity contribution in [1.29, 1.82) is 0 Å². The number of aryl methyl sites for hydroxylation is 1. The minimum atomic E-state index is -1.87. The summed E-state index contributed by atoms with van der Waals surface area (Å²) in [7, 11) is -1.87. The van der Waals surface area contributed by atoms with Crippen LogP contribution in [-0.4, -0.2) is 14.9 Å². The molecule has 2 unspecified atom stereocenters. The Labute approximate surface area is 130 Å². The Morgan fingerprint density at radius 1 is 1.29 bits per heavy atom.